The number of nitrogens with zero attached hydrogens (tertiary/aromatic N) is 1. The third kappa shape index (κ3) is 41.7. The molecule has 0 aliphatic carbocycles. The number of carbonyl (C=O) groups is 1. The first-order valence-corrected chi connectivity index (χ1v) is 23.2. The highest BCUT2D eigenvalue weighted by atomic mass is 31.2. The summed E-state index contributed by atoms with van der Waals surface area (Å²) in [6.07, 6.45) is 42.9. The maximum absolute atomic E-state index is 12.7. The number of carbonyl (C=O) groups excluding carboxylic acids is 1. The molecular weight excluding hydrogens is 685 g/mol. The summed E-state index contributed by atoms with van der Waals surface area (Å²) in [5.74, 6) is -0.342. The number of hydrogen-bond donors (Lipinski definition) is 0. The summed E-state index contributed by atoms with van der Waals surface area (Å²) >= 11 is 0. The highest BCUT2D eigenvalue weighted by Gasteiger charge is 2.20. The Labute approximate surface area is 327 Å². The van der Waals surface area contributed by atoms with Crippen molar-refractivity contribution in [1.29, 1.82) is 0 Å². The maximum atomic E-state index is 12.7. The second-order valence-electron chi connectivity index (χ2n) is 15.7. The molecule has 9 heteroatoms. The van der Waals surface area contributed by atoms with Crippen LogP contribution in [0.3, 0.4) is 0 Å². The smallest absolute Gasteiger partial charge is 0.306 e. The Kier molecular flexibility index (Phi) is 36.7. The predicted molar refractivity (Wildman–Crippen MR) is 222 cm³/mol. The van der Waals surface area contributed by atoms with E-state index >= 15 is 0 Å². The molecule has 0 aromatic carbocycles. The molecule has 0 rings (SSSR count). The van der Waals surface area contributed by atoms with Crippen LogP contribution in [0.4, 0.5) is 0 Å². The molecule has 8 nitrogen and oxygen atoms in total. The van der Waals surface area contributed by atoms with Gasteiger partial charge in [0.25, 0.3) is 7.82 Å². The first-order chi connectivity index (χ1) is 25.6. The fourth-order valence-electron chi connectivity index (χ4n) is 5.73. The summed E-state index contributed by atoms with van der Waals surface area (Å²) < 4.78 is 34.5. The van der Waals surface area contributed by atoms with Gasteiger partial charge in [-0.05, 0) is 64.2 Å². The van der Waals surface area contributed by atoms with Crippen LogP contribution in [-0.4, -0.2) is 70.7 Å². The van der Waals surface area contributed by atoms with Crippen LogP contribution in [0.2, 0.25) is 0 Å². The van der Waals surface area contributed by atoms with E-state index in [4.69, 9.17) is 18.5 Å². The van der Waals surface area contributed by atoms with E-state index in [9.17, 15) is 14.3 Å². The number of phosphoric acid groups is 1. The molecule has 2 atom stereocenters. The number of ether oxygens (including phenoxy) is 2. The Morgan fingerprint density at radius 3 is 1.60 bits per heavy atom. The zero-order valence-electron chi connectivity index (χ0n) is 35.2. The second kappa shape index (κ2) is 37.6. The van der Waals surface area contributed by atoms with Gasteiger partial charge in [-0.15, -0.1) is 0 Å². The lowest BCUT2D eigenvalue weighted by atomic mass is 10.1. The number of quaternary nitrogens is 1. The largest absolute Gasteiger partial charge is 0.756 e. The third-order valence-corrected chi connectivity index (χ3v) is 10.1. The topological polar surface area (TPSA) is 94.1 Å². The van der Waals surface area contributed by atoms with Crippen molar-refractivity contribution in [2.75, 3.05) is 54.1 Å². The van der Waals surface area contributed by atoms with E-state index in [0.29, 0.717) is 24.1 Å². The van der Waals surface area contributed by atoms with Crippen LogP contribution >= 0.6 is 7.82 Å². The number of likely N-dealkylation sites (N-methyl/N-ethyl adjacent to an activating group) is 1. The highest BCUT2D eigenvalue weighted by molar-refractivity contribution is 7.45. The molecule has 53 heavy (non-hydrogen) atoms. The summed E-state index contributed by atoms with van der Waals surface area (Å²) in [5, 5.41) is 0. The summed E-state index contributed by atoms with van der Waals surface area (Å²) in [5.41, 5.74) is 0. The first kappa shape index (κ1) is 51.7. The Hall–Kier alpha value is -1.28. The minimum Gasteiger partial charge on any atom is -0.756 e. The molecular formula is C44H84NO7P. The minimum atomic E-state index is -4.52. The van der Waals surface area contributed by atoms with Crippen LogP contribution in [0.25, 0.3) is 0 Å². The molecule has 312 valence electrons. The molecule has 0 radical (unpaired) electrons. The number of unbranched alkanes of at least 4 members (excludes halogenated alkanes) is 20. The summed E-state index contributed by atoms with van der Waals surface area (Å²) in [7, 11) is 1.35. The molecule has 0 aromatic heterocycles. The minimum absolute atomic E-state index is 0.0239. The monoisotopic (exact) mass is 770 g/mol. The van der Waals surface area contributed by atoms with Gasteiger partial charge in [0.2, 0.25) is 0 Å². The number of hydrogen-bond acceptors (Lipinski definition) is 7. The summed E-state index contributed by atoms with van der Waals surface area (Å²) in [6.45, 7) is 5.34. The Morgan fingerprint density at radius 2 is 1.06 bits per heavy atom. The van der Waals surface area contributed by atoms with Gasteiger partial charge < -0.3 is 27.9 Å². The van der Waals surface area contributed by atoms with Gasteiger partial charge in [-0.25, -0.2) is 0 Å². The standard InChI is InChI=1S/C44H84NO7P/c1-6-8-10-12-14-16-18-20-21-22-23-24-25-26-27-29-31-33-35-37-44(46)52-43(42-51-53(47,48)50-40-38-45(3,4)5)41-49-39-36-34-32-30-28-19-17-15-13-11-9-7-2/h13-16,20-21,43H,6-12,17-19,22-42H2,1-5H3/b15-13-,16-14-,21-20-. The lowest BCUT2D eigenvalue weighted by Crippen LogP contribution is -2.37. The van der Waals surface area contributed by atoms with Crippen molar-refractivity contribution in [2.45, 2.75) is 187 Å². The highest BCUT2D eigenvalue weighted by Crippen LogP contribution is 2.38. The van der Waals surface area contributed by atoms with Gasteiger partial charge >= 0.3 is 5.97 Å². The number of allylic oxidation sites excluding steroid dienone is 6. The van der Waals surface area contributed by atoms with Crippen LogP contribution in [0.5, 0.6) is 0 Å². The molecule has 0 spiro atoms. The molecule has 2 unspecified atom stereocenters. The number of esters is 1. The average molecular weight is 770 g/mol. The third-order valence-electron chi connectivity index (χ3n) is 9.16. The van der Waals surface area contributed by atoms with Crippen molar-refractivity contribution in [2.24, 2.45) is 0 Å². The fourth-order valence-corrected chi connectivity index (χ4v) is 6.46. The van der Waals surface area contributed by atoms with Gasteiger partial charge in [-0.2, -0.15) is 0 Å². The first-order valence-electron chi connectivity index (χ1n) is 21.7. The van der Waals surface area contributed by atoms with Gasteiger partial charge in [0, 0.05) is 13.0 Å². The van der Waals surface area contributed by atoms with Crippen LogP contribution < -0.4 is 4.89 Å². The van der Waals surface area contributed by atoms with E-state index in [0.717, 1.165) is 38.5 Å². The molecule has 0 N–H and O–H groups in total. The number of rotatable bonds is 40. The lowest BCUT2D eigenvalue weighted by molar-refractivity contribution is -0.870. The van der Waals surface area contributed by atoms with E-state index in [2.05, 4.69) is 50.3 Å². The van der Waals surface area contributed by atoms with Crippen molar-refractivity contribution in [1.82, 2.24) is 0 Å². The van der Waals surface area contributed by atoms with E-state index in [1.807, 2.05) is 21.1 Å². The molecule has 0 aliphatic rings. The molecule has 0 aromatic rings. The fraction of sp³-hybridized carbons (Fsp3) is 0.841. The molecule has 0 heterocycles. The van der Waals surface area contributed by atoms with Crippen LogP contribution in [0, 0.1) is 0 Å². The van der Waals surface area contributed by atoms with Crippen molar-refractivity contribution in [3.05, 3.63) is 36.5 Å². The summed E-state index contributed by atoms with van der Waals surface area (Å²) in [6, 6.07) is 0. The average Bonchev–Trinajstić information content (AvgIpc) is 3.11. The molecule has 0 amide bonds. The summed E-state index contributed by atoms with van der Waals surface area (Å²) in [4.78, 5) is 25.0. The normalized spacial score (nSPS) is 14.2. The van der Waals surface area contributed by atoms with E-state index in [1.165, 1.54) is 122 Å². The van der Waals surface area contributed by atoms with Gasteiger partial charge in [0.05, 0.1) is 34.4 Å². The van der Waals surface area contributed by atoms with Crippen molar-refractivity contribution < 1.29 is 37.3 Å². The lowest BCUT2D eigenvalue weighted by Gasteiger charge is -2.28. The molecule has 0 fully saturated rings. The molecule has 0 bridgehead atoms. The number of phosphoric ester groups is 1. The zero-order valence-corrected chi connectivity index (χ0v) is 36.1. The molecule has 0 saturated heterocycles. The molecule has 0 saturated carbocycles. The predicted octanol–water partition coefficient (Wildman–Crippen LogP) is 12.0. The van der Waals surface area contributed by atoms with Gasteiger partial charge in [-0.3, -0.25) is 9.36 Å². The maximum Gasteiger partial charge on any atom is 0.306 e. The van der Waals surface area contributed by atoms with Crippen molar-refractivity contribution in [3.63, 3.8) is 0 Å². The zero-order chi connectivity index (χ0) is 39.1. The second-order valence-corrected chi connectivity index (χ2v) is 17.1. The SMILES string of the molecule is CCCC/C=C\CCCCCCCCOCC(COP(=O)([O-])OCC[N+](C)(C)C)OC(=O)CCCCCCCCCCC/C=C\C/C=C\CCCCC. The van der Waals surface area contributed by atoms with Crippen LogP contribution in [-0.2, 0) is 27.9 Å². The Morgan fingerprint density at radius 1 is 0.585 bits per heavy atom. The van der Waals surface area contributed by atoms with Gasteiger partial charge in [-0.1, -0.05) is 147 Å². The quantitative estimate of drug-likeness (QED) is 0.0201. The Bertz CT molecular complexity index is 947. The van der Waals surface area contributed by atoms with Crippen LogP contribution in [0.1, 0.15) is 181 Å². The van der Waals surface area contributed by atoms with Gasteiger partial charge in [0.1, 0.15) is 19.3 Å². The van der Waals surface area contributed by atoms with Crippen molar-refractivity contribution in [3.8, 4) is 0 Å². The van der Waals surface area contributed by atoms with Crippen LogP contribution in [0.15, 0.2) is 36.5 Å². The van der Waals surface area contributed by atoms with Crippen molar-refractivity contribution >= 4 is 13.8 Å². The van der Waals surface area contributed by atoms with Gasteiger partial charge in [0.15, 0.2) is 0 Å². The van der Waals surface area contributed by atoms with E-state index in [-0.39, 0.29) is 25.8 Å². The van der Waals surface area contributed by atoms with E-state index in [1.54, 1.807) is 0 Å². The molecule has 0 aliphatic heterocycles. The Balaban J connectivity index is 4.22. The van der Waals surface area contributed by atoms with E-state index < -0.39 is 13.9 Å².